The average Bonchev–Trinajstić information content (AvgIpc) is 0.761. The standard InChI is InChI=1S/C88H108N6O12S2/c1-83(2,3)105-81(99)91-71(55-57-107-87(63-39-21-15-22-40-63,64-41-23-16-24-42-64)65-43-25-17-26-44-65)77(95)93-75(85(7,8)59-73(101-11)102-12)79(97)89-69-51-35-33-37-61(69)53-54-62-38-34-36-52-70(62)90-80(98)76(86(9,10)60-74(103-13)104-14)94-78(96)72(92-82(100)106-84(4,5)6)56-58-108-88(66-45-27-18-28-46-66,67-47-29-19-30-48-67)68-49-31-20-32-50-68/h15-52,71-76H,53-60H2,1-14H3,(H,89,97)(H,90,98)(H,91,99)(H,92,100)(H,93,95)(H,94,96)/t71-,72-,75?,76?/m0/s1. The molecule has 0 aliphatic carbocycles. The van der Waals surface area contributed by atoms with Crippen LogP contribution in [0, 0.1) is 10.8 Å². The van der Waals surface area contributed by atoms with Gasteiger partial charge >= 0.3 is 12.2 Å². The van der Waals surface area contributed by atoms with E-state index in [0.29, 0.717) is 35.7 Å². The molecule has 0 aliphatic heterocycles. The molecule has 6 N–H and O–H groups in total. The highest BCUT2D eigenvalue weighted by atomic mass is 32.2. The summed E-state index contributed by atoms with van der Waals surface area (Å²) >= 11 is 3.27. The van der Waals surface area contributed by atoms with Crippen LogP contribution >= 0.6 is 23.5 Å². The van der Waals surface area contributed by atoms with E-state index in [-0.39, 0.29) is 25.7 Å². The van der Waals surface area contributed by atoms with Gasteiger partial charge in [0, 0.05) is 52.7 Å². The number of thioether (sulfide) groups is 2. The predicted octanol–water partition coefficient (Wildman–Crippen LogP) is 16.4. The van der Waals surface area contributed by atoms with E-state index >= 15 is 19.2 Å². The highest BCUT2D eigenvalue weighted by Gasteiger charge is 2.45. The summed E-state index contributed by atoms with van der Waals surface area (Å²) < 4.78 is 32.9. The average molecular weight is 1510 g/mol. The van der Waals surface area contributed by atoms with E-state index in [2.05, 4.69) is 105 Å². The van der Waals surface area contributed by atoms with Gasteiger partial charge < -0.3 is 60.3 Å². The Hall–Kier alpha value is -9.28. The lowest BCUT2D eigenvalue weighted by Gasteiger charge is -2.37. The van der Waals surface area contributed by atoms with Gasteiger partial charge in [-0.15, -0.1) is 23.5 Å². The third kappa shape index (κ3) is 23.1. The Morgan fingerprint density at radius 2 is 0.583 bits per heavy atom. The fourth-order valence-electron chi connectivity index (χ4n) is 13.4. The Balaban J connectivity index is 1.05. The third-order valence-electron chi connectivity index (χ3n) is 18.9. The third-order valence-corrected chi connectivity index (χ3v) is 22.0. The van der Waals surface area contributed by atoms with Gasteiger partial charge in [-0.25, -0.2) is 9.59 Å². The number of methoxy groups -OCH3 is 4. The zero-order valence-electron chi connectivity index (χ0n) is 64.8. The Kier molecular flexibility index (Phi) is 30.6. The maximum Gasteiger partial charge on any atom is 0.408 e. The number of alkyl carbamates (subject to hydrolysis) is 2. The van der Waals surface area contributed by atoms with Crippen LogP contribution in [0.3, 0.4) is 0 Å². The number of hydrogen-bond acceptors (Lipinski definition) is 14. The quantitative estimate of drug-likeness (QED) is 0.0157. The molecule has 0 fully saturated rings. The molecule has 108 heavy (non-hydrogen) atoms. The minimum Gasteiger partial charge on any atom is -0.444 e. The first kappa shape index (κ1) is 84.3. The van der Waals surface area contributed by atoms with Gasteiger partial charge in [0.1, 0.15) is 35.4 Å². The van der Waals surface area contributed by atoms with Gasteiger partial charge in [0.25, 0.3) is 0 Å². The molecule has 0 bridgehead atoms. The van der Waals surface area contributed by atoms with E-state index in [1.165, 1.54) is 28.4 Å². The summed E-state index contributed by atoms with van der Waals surface area (Å²) in [4.78, 5) is 89.1. The second kappa shape index (κ2) is 39.2. The minimum atomic E-state index is -1.24. The summed E-state index contributed by atoms with van der Waals surface area (Å²) in [6, 6.07) is 71.1. The zero-order valence-corrected chi connectivity index (χ0v) is 66.4. The van der Waals surface area contributed by atoms with Crippen LogP contribution in [0.4, 0.5) is 21.0 Å². The first-order valence-electron chi connectivity index (χ1n) is 36.7. The fraction of sp³-hybridized carbons (Fsp3) is 0.386. The van der Waals surface area contributed by atoms with E-state index in [4.69, 9.17) is 28.4 Å². The van der Waals surface area contributed by atoms with Gasteiger partial charge in [-0.2, -0.15) is 0 Å². The lowest BCUT2D eigenvalue weighted by atomic mass is 9.80. The minimum absolute atomic E-state index is 0.132. The molecule has 0 spiro atoms. The Labute approximate surface area is 647 Å². The van der Waals surface area contributed by atoms with E-state index in [9.17, 15) is 9.59 Å². The molecule has 0 aromatic heterocycles. The molecule has 0 aliphatic rings. The Bertz CT molecular complexity index is 3700. The van der Waals surface area contributed by atoms with Crippen molar-refractivity contribution in [1.82, 2.24) is 21.3 Å². The maximum atomic E-state index is 15.4. The summed E-state index contributed by atoms with van der Waals surface area (Å²) in [5.41, 5.74) is 4.70. The van der Waals surface area contributed by atoms with Crippen molar-refractivity contribution in [3.63, 3.8) is 0 Å². The van der Waals surface area contributed by atoms with Crippen molar-refractivity contribution < 1.29 is 57.2 Å². The van der Waals surface area contributed by atoms with Crippen LogP contribution in [0.25, 0.3) is 0 Å². The zero-order chi connectivity index (χ0) is 78.1. The fourth-order valence-corrected chi connectivity index (χ4v) is 16.5. The summed E-state index contributed by atoms with van der Waals surface area (Å²) in [7, 11) is 6.03. The van der Waals surface area contributed by atoms with Gasteiger partial charge in [-0.05, 0) is 146 Å². The molecule has 18 nitrogen and oxygen atoms in total. The van der Waals surface area contributed by atoms with E-state index in [0.717, 1.165) is 44.5 Å². The van der Waals surface area contributed by atoms with Crippen molar-refractivity contribution in [2.45, 2.75) is 165 Å². The highest BCUT2D eigenvalue weighted by Crippen LogP contribution is 2.50. The van der Waals surface area contributed by atoms with E-state index in [1.54, 1.807) is 77.2 Å². The SMILES string of the molecule is COC(CC(C)(C)C(NC(=O)[C@H](CCSC(c1ccccc1)(c1ccccc1)c1ccccc1)NC(=O)OC(C)(C)C)C(=O)Nc1ccccc1CCc1ccccc1NC(=O)C(NC(=O)[C@H](CCSC(c1ccccc1)(c1ccccc1)c1ccccc1)NC(=O)OC(C)(C)C)C(C)(C)CC(OC)OC)OC. The van der Waals surface area contributed by atoms with Gasteiger partial charge in [0.2, 0.25) is 23.6 Å². The molecule has 574 valence electrons. The van der Waals surface area contributed by atoms with E-state index in [1.807, 2.05) is 173 Å². The largest absolute Gasteiger partial charge is 0.444 e. The second-order valence-corrected chi connectivity index (χ2v) is 32.7. The van der Waals surface area contributed by atoms with Crippen molar-refractivity contribution in [3.8, 4) is 0 Å². The van der Waals surface area contributed by atoms with Crippen LogP contribution in [0.1, 0.15) is 139 Å². The van der Waals surface area contributed by atoms with Crippen LogP contribution in [-0.2, 0) is 69.9 Å². The van der Waals surface area contributed by atoms with Crippen LogP contribution in [-0.4, -0.2) is 124 Å². The first-order valence-corrected chi connectivity index (χ1v) is 38.6. The number of anilines is 2. The van der Waals surface area contributed by atoms with Gasteiger partial charge in [0.15, 0.2) is 12.6 Å². The number of amides is 6. The lowest BCUT2D eigenvalue weighted by molar-refractivity contribution is -0.139. The number of rotatable bonds is 37. The van der Waals surface area contributed by atoms with E-state index < -0.39 is 104 Å². The van der Waals surface area contributed by atoms with Crippen molar-refractivity contribution in [1.29, 1.82) is 0 Å². The maximum absolute atomic E-state index is 15.4. The van der Waals surface area contributed by atoms with Crippen molar-refractivity contribution in [2.75, 3.05) is 50.6 Å². The summed E-state index contributed by atoms with van der Waals surface area (Å²) in [5.74, 6) is -1.58. The number of aryl methyl sites for hydroxylation is 2. The van der Waals surface area contributed by atoms with Crippen LogP contribution in [0.2, 0.25) is 0 Å². The van der Waals surface area contributed by atoms with Crippen molar-refractivity contribution >= 4 is 70.7 Å². The lowest BCUT2D eigenvalue weighted by Crippen LogP contribution is -2.58. The van der Waals surface area contributed by atoms with Gasteiger partial charge in [-0.3, -0.25) is 19.2 Å². The van der Waals surface area contributed by atoms with Gasteiger partial charge in [-0.1, -0.05) is 246 Å². The number of carbonyl (C=O) groups excluding carboxylic acids is 6. The number of carbonyl (C=O) groups is 6. The Morgan fingerprint density at radius 3 is 0.833 bits per heavy atom. The topological polar surface area (TPSA) is 230 Å². The summed E-state index contributed by atoms with van der Waals surface area (Å²) in [5, 5.41) is 18.3. The molecule has 6 amide bonds. The number of benzene rings is 8. The molecule has 0 saturated heterocycles. The second-order valence-electron chi connectivity index (χ2n) is 30.1. The molecular weight excluding hydrogens is 1400 g/mol. The highest BCUT2D eigenvalue weighted by molar-refractivity contribution is 8.00. The molecule has 0 heterocycles. The predicted molar refractivity (Wildman–Crippen MR) is 433 cm³/mol. The van der Waals surface area contributed by atoms with Gasteiger partial charge in [0.05, 0.1) is 9.49 Å². The van der Waals surface area contributed by atoms with Crippen LogP contribution < -0.4 is 31.9 Å². The molecular formula is C88H108N6O12S2. The molecule has 4 atom stereocenters. The smallest absolute Gasteiger partial charge is 0.408 e. The molecule has 8 aromatic carbocycles. The Morgan fingerprint density at radius 1 is 0.333 bits per heavy atom. The number of hydrogen-bond donors (Lipinski definition) is 6. The molecule has 2 unspecified atom stereocenters. The number of ether oxygens (including phenoxy) is 6. The summed E-state index contributed by atoms with van der Waals surface area (Å²) in [6.45, 7) is 17.9. The van der Waals surface area contributed by atoms with Crippen LogP contribution in [0.5, 0.6) is 0 Å². The number of nitrogens with one attached hydrogen (secondary N) is 6. The molecule has 8 aromatic rings. The molecule has 8 rings (SSSR count). The first-order chi connectivity index (χ1) is 51.6. The molecule has 20 heteroatoms. The molecule has 0 saturated carbocycles. The molecule has 0 radical (unpaired) electrons. The number of para-hydroxylation sites is 2. The van der Waals surface area contributed by atoms with Crippen molar-refractivity contribution in [3.05, 3.63) is 275 Å². The monoisotopic (exact) mass is 1500 g/mol. The van der Waals surface area contributed by atoms with Crippen molar-refractivity contribution in [2.24, 2.45) is 10.8 Å². The van der Waals surface area contributed by atoms with Crippen LogP contribution in [0.15, 0.2) is 231 Å². The summed E-state index contributed by atoms with van der Waals surface area (Å²) in [6.07, 6.45) is -1.80. The normalized spacial score (nSPS) is 13.3.